The Bertz CT molecular complexity index is 464. The number of nitro groups is 1. The molecule has 0 amide bonds. The number of ether oxygens (including phenoxy) is 1. The number of rotatable bonds is 6. The summed E-state index contributed by atoms with van der Waals surface area (Å²) in [6, 6.07) is 4.75. The van der Waals surface area contributed by atoms with Crippen molar-refractivity contribution in [1.82, 2.24) is 5.32 Å². The molecule has 1 N–H and O–H groups in total. The third kappa shape index (κ3) is 4.18. The van der Waals surface area contributed by atoms with E-state index < -0.39 is 4.92 Å². The molecule has 7 heteroatoms. The largest absolute Gasteiger partial charge is 0.481 e. The van der Waals surface area contributed by atoms with Crippen molar-refractivity contribution in [3.8, 4) is 5.75 Å². The zero-order valence-corrected chi connectivity index (χ0v) is 11.2. The van der Waals surface area contributed by atoms with Crippen LogP contribution < -0.4 is 10.1 Å². The molecule has 0 unspecified atom stereocenters. The lowest BCUT2D eigenvalue weighted by molar-refractivity contribution is -0.385. The number of nitrogens with one attached hydrogen (secondary N) is 1. The second-order valence-electron chi connectivity index (χ2n) is 3.43. The average Bonchev–Trinajstić information content (AvgIpc) is 2.36. The van der Waals surface area contributed by atoms with Gasteiger partial charge in [-0.15, -0.1) is 0 Å². The molecule has 1 aromatic carbocycles. The molecule has 0 atom stereocenters. The minimum Gasteiger partial charge on any atom is -0.481 e. The van der Waals surface area contributed by atoms with Crippen LogP contribution in [0.4, 0.5) is 5.69 Å². The Morgan fingerprint density at radius 1 is 1.61 bits per heavy atom. The fourth-order valence-corrected chi connectivity index (χ4v) is 1.44. The summed E-state index contributed by atoms with van der Waals surface area (Å²) in [5.41, 5.74) is 1.86. The normalized spacial score (nSPS) is 11.4. The molecule has 0 radical (unpaired) electrons. The predicted octanol–water partition coefficient (Wildman–Crippen LogP) is 3.01. The Hall–Kier alpha value is -1.30. The fraction of sp³-hybridized carbons (Fsp3) is 0.273. The van der Waals surface area contributed by atoms with Crippen molar-refractivity contribution < 1.29 is 9.66 Å². The molecule has 1 rings (SSSR count). The van der Waals surface area contributed by atoms with E-state index in [1.807, 2.05) is 0 Å². The number of nitrogens with zero attached hydrogens (tertiary/aromatic N) is 1. The molecule has 98 valence electrons. The van der Waals surface area contributed by atoms with E-state index in [0.717, 1.165) is 11.1 Å². The minimum atomic E-state index is -0.493. The van der Waals surface area contributed by atoms with Gasteiger partial charge in [0, 0.05) is 18.1 Å². The first kappa shape index (κ1) is 14.8. The zero-order valence-electron chi connectivity index (χ0n) is 9.65. The number of hydrogen-bond donors (Lipinski definition) is 1. The van der Waals surface area contributed by atoms with Crippen LogP contribution in [0.2, 0.25) is 0 Å². The molecule has 0 saturated carbocycles. The van der Waals surface area contributed by atoms with E-state index in [2.05, 4.69) is 5.32 Å². The van der Waals surface area contributed by atoms with E-state index in [0.29, 0.717) is 6.54 Å². The van der Waals surface area contributed by atoms with Gasteiger partial charge in [0.15, 0.2) is 5.75 Å². The monoisotopic (exact) mass is 290 g/mol. The predicted molar refractivity (Wildman–Crippen MR) is 71.1 cm³/mol. The van der Waals surface area contributed by atoms with Gasteiger partial charge in [-0.05, 0) is 18.7 Å². The van der Waals surface area contributed by atoms with Crippen LogP contribution in [0.5, 0.6) is 5.75 Å². The Balaban J connectivity index is 2.93. The Morgan fingerprint density at radius 3 is 2.89 bits per heavy atom. The fourth-order valence-electron chi connectivity index (χ4n) is 1.32. The van der Waals surface area contributed by atoms with Gasteiger partial charge in [0.25, 0.3) is 0 Å². The van der Waals surface area contributed by atoms with Crippen molar-refractivity contribution in [2.24, 2.45) is 0 Å². The van der Waals surface area contributed by atoms with E-state index in [4.69, 9.17) is 27.9 Å². The van der Waals surface area contributed by atoms with Crippen molar-refractivity contribution in [3.05, 3.63) is 44.4 Å². The summed E-state index contributed by atoms with van der Waals surface area (Å²) in [5.74, 6) is 0.163. The van der Waals surface area contributed by atoms with Gasteiger partial charge in [-0.25, -0.2) is 0 Å². The lowest BCUT2D eigenvalue weighted by Crippen LogP contribution is -2.06. The van der Waals surface area contributed by atoms with E-state index in [1.165, 1.54) is 6.07 Å². The molecule has 0 heterocycles. The standard InChI is InChI=1S/C11H12Cl2N2O3/c1-14-6-8-2-3-11(10(4-8)15(16)17)18-7-9(13)5-12/h2-5,14H,6-7H2,1H3. The van der Waals surface area contributed by atoms with Crippen LogP contribution >= 0.6 is 23.2 Å². The highest BCUT2D eigenvalue weighted by molar-refractivity contribution is 6.36. The molecular weight excluding hydrogens is 279 g/mol. The number of halogens is 2. The van der Waals surface area contributed by atoms with Gasteiger partial charge in [0.2, 0.25) is 0 Å². The summed E-state index contributed by atoms with van der Waals surface area (Å²) >= 11 is 11.0. The molecule has 0 bridgehead atoms. The molecule has 5 nitrogen and oxygen atoms in total. The van der Waals surface area contributed by atoms with Gasteiger partial charge in [0.05, 0.1) is 9.96 Å². The third-order valence-corrected chi connectivity index (χ3v) is 2.68. The van der Waals surface area contributed by atoms with Gasteiger partial charge in [-0.2, -0.15) is 0 Å². The Labute approximate surface area is 114 Å². The summed E-state index contributed by atoms with van der Waals surface area (Å²) in [4.78, 5) is 10.4. The van der Waals surface area contributed by atoms with Crippen molar-refractivity contribution in [3.63, 3.8) is 0 Å². The minimum absolute atomic E-state index is 0.00271. The first-order valence-electron chi connectivity index (χ1n) is 5.08. The Kier molecular flexibility index (Phi) is 5.91. The van der Waals surface area contributed by atoms with Crippen LogP contribution in [0.3, 0.4) is 0 Å². The van der Waals surface area contributed by atoms with E-state index in [1.54, 1.807) is 19.2 Å². The van der Waals surface area contributed by atoms with Crippen molar-refractivity contribution in [1.29, 1.82) is 0 Å². The number of nitro benzene ring substituents is 1. The van der Waals surface area contributed by atoms with Crippen LogP contribution in [-0.2, 0) is 6.54 Å². The molecule has 0 aliphatic carbocycles. The summed E-state index contributed by atoms with van der Waals surface area (Å²) in [5, 5.41) is 14.1. The maximum atomic E-state index is 10.9. The molecule has 0 spiro atoms. The molecule has 0 aromatic heterocycles. The van der Waals surface area contributed by atoms with Crippen molar-refractivity contribution in [2.45, 2.75) is 6.54 Å². The van der Waals surface area contributed by atoms with E-state index in [9.17, 15) is 10.1 Å². The maximum absolute atomic E-state index is 10.9. The summed E-state index contributed by atoms with van der Waals surface area (Å²) in [7, 11) is 1.77. The van der Waals surface area contributed by atoms with Crippen molar-refractivity contribution >= 4 is 28.9 Å². The highest BCUT2D eigenvalue weighted by Crippen LogP contribution is 2.28. The van der Waals surface area contributed by atoms with Crippen LogP contribution in [0.1, 0.15) is 5.56 Å². The van der Waals surface area contributed by atoms with E-state index >= 15 is 0 Å². The molecule has 18 heavy (non-hydrogen) atoms. The lowest BCUT2D eigenvalue weighted by atomic mass is 10.2. The van der Waals surface area contributed by atoms with Gasteiger partial charge < -0.3 is 10.1 Å². The molecule has 0 aliphatic rings. The zero-order chi connectivity index (χ0) is 13.5. The summed E-state index contributed by atoms with van der Waals surface area (Å²) in [6.45, 7) is 0.542. The number of benzene rings is 1. The van der Waals surface area contributed by atoms with E-state index in [-0.39, 0.29) is 23.1 Å². The van der Waals surface area contributed by atoms with Gasteiger partial charge >= 0.3 is 5.69 Å². The lowest BCUT2D eigenvalue weighted by Gasteiger charge is -2.07. The average molecular weight is 291 g/mol. The highest BCUT2D eigenvalue weighted by Gasteiger charge is 2.16. The van der Waals surface area contributed by atoms with Crippen molar-refractivity contribution in [2.75, 3.05) is 13.7 Å². The smallest absolute Gasteiger partial charge is 0.311 e. The SMILES string of the molecule is CNCc1ccc(OCC(Cl)=CCl)c([N+](=O)[O-])c1. The van der Waals surface area contributed by atoms with Crippen LogP contribution in [0, 0.1) is 10.1 Å². The van der Waals surface area contributed by atoms with Crippen LogP contribution in [0.25, 0.3) is 0 Å². The maximum Gasteiger partial charge on any atom is 0.311 e. The second kappa shape index (κ2) is 7.20. The Morgan fingerprint density at radius 2 is 2.33 bits per heavy atom. The first-order chi connectivity index (χ1) is 8.58. The summed E-state index contributed by atoms with van der Waals surface area (Å²) in [6.07, 6.45) is 0. The van der Waals surface area contributed by atoms with Crippen LogP contribution in [-0.4, -0.2) is 18.6 Å². The number of hydrogen-bond acceptors (Lipinski definition) is 4. The first-order valence-corrected chi connectivity index (χ1v) is 5.89. The third-order valence-electron chi connectivity index (χ3n) is 2.08. The molecular formula is C11H12Cl2N2O3. The molecule has 0 aliphatic heterocycles. The molecule has 1 aromatic rings. The van der Waals surface area contributed by atoms with Gasteiger partial charge in [-0.1, -0.05) is 29.3 Å². The van der Waals surface area contributed by atoms with Gasteiger partial charge in [-0.3, -0.25) is 10.1 Å². The summed E-state index contributed by atoms with van der Waals surface area (Å²) < 4.78 is 5.24. The highest BCUT2D eigenvalue weighted by atomic mass is 35.5. The second-order valence-corrected chi connectivity index (χ2v) is 4.14. The molecule has 0 saturated heterocycles. The molecule has 0 fully saturated rings. The topological polar surface area (TPSA) is 64.4 Å². The quantitative estimate of drug-likeness (QED) is 0.646. The van der Waals surface area contributed by atoms with Crippen LogP contribution in [0.15, 0.2) is 28.8 Å². The van der Waals surface area contributed by atoms with Gasteiger partial charge in [0.1, 0.15) is 6.61 Å².